The van der Waals surface area contributed by atoms with Crippen molar-refractivity contribution in [3.05, 3.63) is 18.0 Å². The van der Waals surface area contributed by atoms with Crippen molar-refractivity contribution >= 4 is 5.95 Å². The van der Waals surface area contributed by atoms with Gasteiger partial charge in [-0.15, -0.1) is 0 Å². The second-order valence-electron chi connectivity index (χ2n) is 6.59. The number of piperidine rings is 1. The molecule has 21 heavy (non-hydrogen) atoms. The molecule has 0 spiro atoms. The largest absolute Gasteiger partial charge is 0.378 e. The van der Waals surface area contributed by atoms with Crippen molar-refractivity contribution in [2.75, 3.05) is 44.3 Å². The molecule has 1 aromatic heterocycles. The van der Waals surface area contributed by atoms with Gasteiger partial charge in [0.15, 0.2) is 0 Å². The third-order valence-corrected chi connectivity index (χ3v) is 4.32. The minimum Gasteiger partial charge on any atom is -0.378 e. The number of aromatic nitrogens is 2. The van der Waals surface area contributed by atoms with Crippen LogP contribution < -0.4 is 4.90 Å². The first-order valence-electron chi connectivity index (χ1n) is 8.07. The van der Waals surface area contributed by atoms with E-state index in [9.17, 15) is 0 Å². The summed E-state index contributed by atoms with van der Waals surface area (Å²) in [7, 11) is 0. The van der Waals surface area contributed by atoms with Crippen LogP contribution in [-0.4, -0.2) is 54.3 Å². The van der Waals surface area contributed by atoms with E-state index in [4.69, 9.17) is 9.72 Å². The molecule has 2 atom stereocenters. The fourth-order valence-electron chi connectivity index (χ4n) is 3.54. The number of anilines is 1. The molecule has 2 fully saturated rings. The van der Waals surface area contributed by atoms with Crippen molar-refractivity contribution in [3.63, 3.8) is 0 Å². The average Bonchev–Trinajstić information content (AvgIpc) is 2.47. The minimum atomic E-state index is 0.773. The molecule has 0 bridgehead atoms. The van der Waals surface area contributed by atoms with Crippen molar-refractivity contribution in [1.82, 2.24) is 14.9 Å². The molecule has 0 unspecified atom stereocenters. The molecule has 2 aliphatic rings. The van der Waals surface area contributed by atoms with E-state index in [1.807, 2.05) is 12.3 Å². The SMILES string of the molecule is C[C@@H]1C[C@@H](C)CN(Cc2ccnc(N3CCOCC3)n2)C1. The quantitative estimate of drug-likeness (QED) is 0.849. The van der Waals surface area contributed by atoms with Crippen molar-refractivity contribution in [2.45, 2.75) is 26.8 Å². The Morgan fingerprint density at radius 1 is 1.19 bits per heavy atom. The van der Waals surface area contributed by atoms with Crippen LogP contribution in [0.5, 0.6) is 0 Å². The van der Waals surface area contributed by atoms with Crippen molar-refractivity contribution in [3.8, 4) is 0 Å². The summed E-state index contributed by atoms with van der Waals surface area (Å²) in [5, 5.41) is 0. The van der Waals surface area contributed by atoms with E-state index in [1.54, 1.807) is 0 Å². The second kappa shape index (κ2) is 6.71. The number of likely N-dealkylation sites (tertiary alicyclic amines) is 1. The molecular formula is C16H26N4O. The van der Waals surface area contributed by atoms with Gasteiger partial charge in [-0.25, -0.2) is 9.97 Å². The van der Waals surface area contributed by atoms with Gasteiger partial charge in [0, 0.05) is 38.9 Å². The van der Waals surface area contributed by atoms with Crippen molar-refractivity contribution in [1.29, 1.82) is 0 Å². The van der Waals surface area contributed by atoms with Crippen molar-refractivity contribution < 1.29 is 4.74 Å². The molecule has 2 aliphatic heterocycles. The summed E-state index contributed by atoms with van der Waals surface area (Å²) in [5.41, 5.74) is 1.13. The Balaban J connectivity index is 1.65. The van der Waals surface area contributed by atoms with Gasteiger partial charge in [-0.2, -0.15) is 0 Å². The molecule has 0 amide bonds. The summed E-state index contributed by atoms with van der Waals surface area (Å²) >= 11 is 0. The Morgan fingerprint density at radius 3 is 2.62 bits per heavy atom. The van der Waals surface area contributed by atoms with Crippen molar-refractivity contribution in [2.24, 2.45) is 11.8 Å². The molecule has 3 rings (SSSR count). The van der Waals surface area contributed by atoms with Crippen LogP contribution in [0.2, 0.25) is 0 Å². The standard InChI is InChI=1S/C16H26N4O/c1-13-9-14(2)11-19(10-13)12-15-3-4-17-16(18-15)20-5-7-21-8-6-20/h3-4,13-14H,5-12H2,1-2H3/t13-,14-/m1/s1. The number of rotatable bonds is 3. The van der Waals surface area contributed by atoms with Crippen LogP contribution in [0.15, 0.2) is 12.3 Å². The molecular weight excluding hydrogens is 264 g/mol. The summed E-state index contributed by atoms with van der Waals surface area (Å²) in [4.78, 5) is 13.9. The predicted octanol–water partition coefficient (Wildman–Crippen LogP) is 1.79. The van der Waals surface area contributed by atoms with Crippen LogP contribution >= 0.6 is 0 Å². The van der Waals surface area contributed by atoms with Gasteiger partial charge >= 0.3 is 0 Å². The van der Waals surface area contributed by atoms with Gasteiger partial charge in [-0.1, -0.05) is 13.8 Å². The third-order valence-electron chi connectivity index (χ3n) is 4.32. The van der Waals surface area contributed by atoms with E-state index >= 15 is 0 Å². The normalized spacial score (nSPS) is 27.8. The monoisotopic (exact) mass is 290 g/mol. The topological polar surface area (TPSA) is 41.5 Å². The number of hydrogen-bond acceptors (Lipinski definition) is 5. The summed E-state index contributed by atoms with van der Waals surface area (Å²) in [5.74, 6) is 2.43. The van der Waals surface area contributed by atoms with E-state index in [1.165, 1.54) is 19.5 Å². The van der Waals surface area contributed by atoms with Crippen LogP contribution in [-0.2, 0) is 11.3 Å². The van der Waals surface area contributed by atoms with Gasteiger partial charge in [-0.05, 0) is 24.3 Å². The van der Waals surface area contributed by atoms with Crippen LogP contribution in [0.3, 0.4) is 0 Å². The molecule has 1 aromatic rings. The lowest BCUT2D eigenvalue weighted by molar-refractivity contribution is 0.121. The predicted molar refractivity (Wildman–Crippen MR) is 83.3 cm³/mol. The molecule has 0 N–H and O–H groups in total. The Kier molecular flexibility index (Phi) is 4.70. The highest BCUT2D eigenvalue weighted by molar-refractivity contribution is 5.30. The summed E-state index contributed by atoms with van der Waals surface area (Å²) in [6, 6.07) is 2.05. The molecule has 5 heteroatoms. The maximum Gasteiger partial charge on any atom is 0.225 e. The van der Waals surface area contributed by atoms with Gasteiger partial charge in [0.1, 0.15) is 0 Å². The smallest absolute Gasteiger partial charge is 0.225 e. The molecule has 5 nitrogen and oxygen atoms in total. The first-order valence-corrected chi connectivity index (χ1v) is 8.07. The summed E-state index contributed by atoms with van der Waals surface area (Å²) < 4.78 is 5.39. The van der Waals surface area contributed by atoms with Crippen LogP contribution in [0, 0.1) is 11.8 Å². The van der Waals surface area contributed by atoms with Gasteiger partial charge in [0.05, 0.1) is 18.9 Å². The molecule has 3 heterocycles. The highest BCUT2D eigenvalue weighted by Crippen LogP contribution is 2.22. The number of morpholine rings is 1. The maximum atomic E-state index is 5.39. The van der Waals surface area contributed by atoms with Crippen LogP contribution in [0.25, 0.3) is 0 Å². The zero-order chi connectivity index (χ0) is 14.7. The average molecular weight is 290 g/mol. The lowest BCUT2D eigenvalue weighted by Crippen LogP contribution is -2.39. The molecule has 116 valence electrons. The minimum absolute atomic E-state index is 0.773. The number of nitrogens with zero attached hydrogens (tertiary/aromatic N) is 4. The molecule has 0 aromatic carbocycles. The van der Waals surface area contributed by atoms with Gasteiger partial charge < -0.3 is 9.64 Å². The highest BCUT2D eigenvalue weighted by Gasteiger charge is 2.22. The lowest BCUT2D eigenvalue weighted by Gasteiger charge is -2.34. The number of ether oxygens (including phenoxy) is 1. The molecule has 0 aliphatic carbocycles. The Morgan fingerprint density at radius 2 is 1.90 bits per heavy atom. The maximum absolute atomic E-state index is 5.39. The first kappa shape index (κ1) is 14.7. The molecule has 2 saturated heterocycles. The van der Waals surface area contributed by atoms with E-state index in [2.05, 4.69) is 28.6 Å². The molecule has 0 radical (unpaired) electrons. The van der Waals surface area contributed by atoms with E-state index in [0.29, 0.717) is 0 Å². The summed E-state index contributed by atoms with van der Waals surface area (Å²) in [6.07, 6.45) is 3.24. The fraction of sp³-hybridized carbons (Fsp3) is 0.750. The Labute approximate surface area is 127 Å². The zero-order valence-electron chi connectivity index (χ0n) is 13.2. The van der Waals surface area contributed by atoms with Gasteiger partial charge in [-0.3, -0.25) is 4.90 Å². The van der Waals surface area contributed by atoms with E-state index in [0.717, 1.165) is 56.3 Å². The first-order chi connectivity index (χ1) is 10.2. The lowest BCUT2D eigenvalue weighted by atomic mass is 9.92. The Hall–Kier alpha value is -1.20. The van der Waals surface area contributed by atoms with Crippen LogP contribution in [0.1, 0.15) is 26.0 Å². The zero-order valence-corrected chi connectivity index (χ0v) is 13.2. The third kappa shape index (κ3) is 3.92. The highest BCUT2D eigenvalue weighted by atomic mass is 16.5. The number of hydrogen-bond donors (Lipinski definition) is 0. The van der Waals surface area contributed by atoms with Crippen LogP contribution in [0.4, 0.5) is 5.95 Å². The van der Waals surface area contributed by atoms with E-state index < -0.39 is 0 Å². The Bertz CT molecular complexity index is 451. The fourth-order valence-corrected chi connectivity index (χ4v) is 3.54. The molecule has 0 saturated carbocycles. The van der Waals surface area contributed by atoms with Gasteiger partial charge in [0.25, 0.3) is 0 Å². The van der Waals surface area contributed by atoms with E-state index in [-0.39, 0.29) is 0 Å². The summed E-state index contributed by atoms with van der Waals surface area (Å²) in [6.45, 7) is 11.3. The second-order valence-corrected chi connectivity index (χ2v) is 6.59. The van der Waals surface area contributed by atoms with Gasteiger partial charge in [0.2, 0.25) is 5.95 Å².